The molecule has 0 spiro atoms. The van der Waals surface area contributed by atoms with Crippen LogP contribution in [0, 0.1) is 18.7 Å². The smallest absolute Gasteiger partial charge is 0.252 e. The van der Waals surface area contributed by atoms with Crippen LogP contribution in [0.15, 0.2) is 53.1 Å². The maximum Gasteiger partial charge on any atom is 0.252 e. The normalized spacial score (nSPS) is 13.2. The second kappa shape index (κ2) is 8.12. The third-order valence-electron chi connectivity index (χ3n) is 4.60. The van der Waals surface area contributed by atoms with Gasteiger partial charge in [-0.1, -0.05) is 61.3 Å². The third kappa shape index (κ3) is 4.39. The van der Waals surface area contributed by atoms with Gasteiger partial charge in [-0.3, -0.25) is 4.79 Å². The number of carbonyl (C=O) groups is 1. The molecule has 1 aromatic heterocycles. The van der Waals surface area contributed by atoms with Crippen LogP contribution in [0.25, 0.3) is 11.4 Å². The van der Waals surface area contributed by atoms with Crippen LogP contribution in [0.1, 0.15) is 48.1 Å². The molecule has 3 aromatic rings. The van der Waals surface area contributed by atoms with Gasteiger partial charge < -0.3 is 9.84 Å². The van der Waals surface area contributed by atoms with E-state index in [1.165, 1.54) is 18.2 Å². The summed E-state index contributed by atoms with van der Waals surface area (Å²) in [6.07, 6.45) is 0.802. The molecule has 6 heteroatoms. The van der Waals surface area contributed by atoms with Crippen LogP contribution in [-0.2, 0) is 0 Å². The predicted octanol–water partition coefficient (Wildman–Crippen LogP) is 4.70. The molecule has 0 aliphatic carbocycles. The number of aromatic nitrogens is 2. The van der Waals surface area contributed by atoms with Crippen molar-refractivity contribution >= 4 is 5.91 Å². The molecule has 1 heterocycles. The lowest BCUT2D eigenvalue weighted by molar-refractivity contribution is 0.0909. The van der Waals surface area contributed by atoms with Gasteiger partial charge in [-0.2, -0.15) is 4.98 Å². The summed E-state index contributed by atoms with van der Waals surface area (Å²) in [4.78, 5) is 17.0. The molecule has 140 valence electrons. The van der Waals surface area contributed by atoms with Crippen LogP contribution in [0.2, 0.25) is 0 Å². The number of rotatable bonds is 6. The number of nitrogens with one attached hydrogen (secondary N) is 1. The van der Waals surface area contributed by atoms with Crippen LogP contribution >= 0.6 is 0 Å². The number of amides is 1. The Labute approximate surface area is 157 Å². The summed E-state index contributed by atoms with van der Waals surface area (Å²) >= 11 is 0. The highest BCUT2D eigenvalue weighted by molar-refractivity contribution is 5.94. The minimum absolute atomic E-state index is 0.0637. The highest BCUT2D eigenvalue weighted by atomic mass is 19.1. The standard InChI is InChI=1S/C21H22FN3O2/c1-4-14(3)18(23-20(26)16-6-5-7-17(22)12-16)21-24-19(25-27-21)15-10-8-13(2)9-11-15/h5-12,14,18H,4H2,1-3H3,(H,23,26)/t14-,18-/m1/s1. The highest BCUT2D eigenvalue weighted by Crippen LogP contribution is 2.26. The number of benzene rings is 2. The maximum absolute atomic E-state index is 13.4. The predicted molar refractivity (Wildman–Crippen MR) is 101 cm³/mol. The van der Waals surface area contributed by atoms with E-state index < -0.39 is 11.9 Å². The molecule has 0 saturated carbocycles. The van der Waals surface area contributed by atoms with Crippen molar-refractivity contribution in [2.45, 2.75) is 33.2 Å². The Hall–Kier alpha value is -3.02. The number of carbonyl (C=O) groups excluding carboxylic acids is 1. The van der Waals surface area contributed by atoms with E-state index in [9.17, 15) is 9.18 Å². The maximum atomic E-state index is 13.4. The SMILES string of the molecule is CC[C@@H](C)[C@@H](NC(=O)c1cccc(F)c1)c1nc(-c2ccc(C)cc2)no1. The minimum atomic E-state index is -0.461. The Morgan fingerprint density at radius 1 is 1.22 bits per heavy atom. The number of hydrogen-bond acceptors (Lipinski definition) is 4. The molecular weight excluding hydrogens is 345 g/mol. The monoisotopic (exact) mass is 367 g/mol. The second-order valence-electron chi connectivity index (χ2n) is 6.67. The van der Waals surface area contributed by atoms with Crippen molar-refractivity contribution in [1.82, 2.24) is 15.5 Å². The Morgan fingerprint density at radius 3 is 2.63 bits per heavy atom. The van der Waals surface area contributed by atoms with Crippen LogP contribution in [0.3, 0.4) is 0 Å². The molecule has 1 amide bonds. The average molecular weight is 367 g/mol. The number of halogens is 1. The van der Waals surface area contributed by atoms with E-state index in [1.807, 2.05) is 45.0 Å². The quantitative estimate of drug-likeness (QED) is 0.686. The van der Waals surface area contributed by atoms with Gasteiger partial charge in [-0.25, -0.2) is 4.39 Å². The first kappa shape index (κ1) is 18.8. The van der Waals surface area contributed by atoms with E-state index in [2.05, 4.69) is 15.5 Å². The average Bonchev–Trinajstić information content (AvgIpc) is 3.15. The van der Waals surface area contributed by atoms with Crippen LogP contribution in [0.4, 0.5) is 4.39 Å². The molecule has 0 saturated heterocycles. The number of hydrogen-bond donors (Lipinski definition) is 1. The van der Waals surface area contributed by atoms with E-state index in [0.717, 1.165) is 17.5 Å². The summed E-state index contributed by atoms with van der Waals surface area (Å²) in [5.41, 5.74) is 2.24. The zero-order chi connectivity index (χ0) is 19.4. The zero-order valence-electron chi connectivity index (χ0n) is 15.6. The topological polar surface area (TPSA) is 68.0 Å². The van der Waals surface area contributed by atoms with Gasteiger partial charge in [0.05, 0.1) is 0 Å². The van der Waals surface area contributed by atoms with E-state index in [-0.39, 0.29) is 17.4 Å². The summed E-state index contributed by atoms with van der Waals surface area (Å²) in [5.74, 6) is 0.0360. The van der Waals surface area contributed by atoms with Gasteiger partial charge in [0.2, 0.25) is 11.7 Å². The number of nitrogens with zero attached hydrogens (tertiary/aromatic N) is 2. The first-order valence-corrected chi connectivity index (χ1v) is 8.95. The lowest BCUT2D eigenvalue weighted by Gasteiger charge is -2.20. The first-order valence-electron chi connectivity index (χ1n) is 8.95. The van der Waals surface area contributed by atoms with Gasteiger partial charge in [-0.15, -0.1) is 0 Å². The first-order chi connectivity index (χ1) is 13.0. The van der Waals surface area contributed by atoms with E-state index >= 15 is 0 Å². The summed E-state index contributed by atoms with van der Waals surface area (Å²) in [5, 5.41) is 6.95. The Morgan fingerprint density at radius 2 is 1.96 bits per heavy atom. The third-order valence-corrected chi connectivity index (χ3v) is 4.60. The molecular formula is C21H22FN3O2. The molecule has 0 radical (unpaired) electrons. The van der Waals surface area contributed by atoms with Crippen molar-refractivity contribution in [1.29, 1.82) is 0 Å². The summed E-state index contributed by atoms with van der Waals surface area (Å²) in [6.45, 7) is 6.02. The van der Waals surface area contributed by atoms with Crippen molar-refractivity contribution in [2.75, 3.05) is 0 Å². The fourth-order valence-electron chi connectivity index (χ4n) is 2.72. The number of aryl methyl sites for hydroxylation is 1. The summed E-state index contributed by atoms with van der Waals surface area (Å²) in [6, 6.07) is 12.9. The molecule has 27 heavy (non-hydrogen) atoms. The molecule has 2 atom stereocenters. The molecule has 0 bridgehead atoms. The van der Waals surface area contributed by atoms with Gasteiger partial charge >= 0.3 is 0 Å². The van der Waals surface area contributed by atoms with Crippen molar-refractivity contribution < 1.29 is 13.7 Å². The highest BCUT2D eigenvalue weighted by Gasteiger charge is 2.27. The molecule has 3 rings (SSSR count). The molecule has 0 aliphatic rings. The Balaban J connectivity index is 1.85. The lowest BCUT2D eigenvalue weighted by Crippen LogP contribution is -2.32. The minimum Gasteiger partial charge on any atom is -0.340 e. The van der Waals surface area contributed by atoms with Crippen molar-refractivity contribution in [3.8, 4) is 11.4 Å². The fourth-order valence-corrected chi connectivity index (χ4v) is 2.72. The van der Waals surface area contributed by atoms with Gasteiger partial charge in [-0.05, 0) is 31.0 Å². The molecule has 5 nitrogen and oxygen atoms in total. The zero-order valence-corrected chi connectivity index (χ0v) is 15.6. The largest absolute Gasteiger partial charge is 0.340 e. The summed E-state index contributed by atoms with van der Waals surface area (Å²) in [7, 11) is 0. The van der Waals surface area contributed by atoms with E-state index in [0.29, 0.717) is 11.7 Å². The molecule has 2 aromatic carbocycles. The van der Waals surface area contributed by atoms with Crippen molar-refractivity contribution in [3.63, 3.8) is 0 Å². The van der Waals surface area contributed by atoms with E-state index in [1.54, 1.807) is 6.07 Å². The van der Waals surface area contributed by atoms with E-state index in [4.69, 9.17) is 4.52 Å². The lowest BCUT2D eigenvalue weighted by atomic mass is 9.98. The van der Waals surface area contributed by atoms with Crippen molar-refractivity contribution in [3.05, 3.63) is 71.4 Å². The van der Waals surface area contributed by atoms with Gasteiger partial charge in [0.1, 0.15) is 11.9 Å². The summed E-state index contributed by atoms with van der Waals surface area (Å²) < 4.78 is 18.9. The van der Waals surface area contributed by atoms with Gasteiger partial charge in [0.15, 0.2) is 0 Å². The Bertz CT molecular complexity index is 921. The van der Waals surface area contributed by atoms with Gasteiger partial charge in [0.25, 0.3) is 5.91 Å². The van der Waals surface area contributed by atoms with Gasteiger partial charge in [0, 0.05) is 11.1 Å². The molecule has 0 unspecified atom stereocenters. The van der Waals surface area contributed by atoms with Crippen molar-refractivity contribution in [2.24, 2.45) is 5.92 Å². The molecule has 0 fully saturated rings. The molecule has 0 aliphatic heterocycles. The van der Waals surface area contributed by atoms with Crippen LogP contribution in [0.5, 0.6) is 0 Å². The Kier molecular flexibility index (Phi) is 5.64. The molecule has 1 N–H and O–H groups in total. The van der Waals surface area contributed by atoms with Crippen LogP contribution in [-0.4, -0.2) is 16.0 Å². The van der Waals surface area contributed by atoms with Crippen LogP contribution < -0.4 is 5.32 Å². The second-order valence-corrected chi connectivity index (χ2v) is 6.67. The fraction of sp³-hybridized carbons (Fsp3) is 0.286.